The molecule has 0 aromatic heterocycles. The van der Waals surface area contributed by atoms with E-state index in [0.29, 0.717) is 18.8 Å². The second-order valence-electron chi connectivity index (χ2n) is 5.83. The highest BCUT2D eigenvalue weighted by Crippen LogP contribution is 2.25. The SMILES string of the molecule is C=CCOc1ccc(CN(C)S(=O)(=O)c2ccc(OC)c(CC)c2)cc1. The van der Waals surface area contributed by atoms with Gasteiger partial charge in [0, 0.05) is 13.6 Å². The minimum Gasteiger partial charge on any atom is -0.496 e. The molecule has 0 heterocycles. The van der Waals surface area contributed by atoms with Crippen LogP contribution in [-0.2, 0) is 23.0 Å². The van der Waals surface area contributed by atoms with Gasteiger partial charge in [-0.15, -0.1) is 0 Å². The van der Waals surface area contributed by atoms with E-state index in [0.717, 1.165) is 16.9 Å². The normalized spacial score (nSPS) is 11.4. The van der Waals surface area contributed by atoms with E-state index >= 15 is 0 Å². The predicted octanol–water partition coefficient (Wildman–Crippen LogP) is 3.64. The summed E-state index contributed by atoms with van der Waals surface area (Å²) >= 11 is 0. The molecule has 0 aliphatic heterocycles. The van der Waals surface area contributed by atoms with Gasteiger partial charge in [0.2, 0.25) is 10.0 Å². The van der Waals surface area contributed by atoms with Gasteiger partial charge in [0.1, 0.15) is 18.1 Å². The molecule has 6 heteroatoms. The molecule has 0 atom stereocenters. The quantitative estimate of drug-likeness (QED) is 0.628. The van der Waals surface area contributed by atoms with Crippen LogP contribution in [0.1, 0.15) is 18.1 Å². The van der Waals surface area contributed by atoms with Crippen LogP contribution in [0.3, 0.4) is 0 Å². The van der Waals surface area contributed by atoms with E-state index in [1.54, 1.807) is 38.4 Å². The van der Waals surface area contributed by atoms with E-state index < -0.39 is 10.0 Å². The Morgan fingerprint density at radius 1 is 1.15 bits per heavy atom. The van der Waals surface area contributed by atoms with Crippen molar-refractivity contribution < 1.29 is 17.9 Å². The molecule has 0 N–H and O–H groups in total. The number of sulfonamides is 1. The third kappa shape index (κ3) is 4.65. The zero-order chi connectivity index (χ0) is 19.2. The summed E-state index contributed by atoms with van der Waals surface area (Å²) < 4.78 is 37.8. The van der Waals surface area contributed by atoms with Crippen LogP contribution in [0.5, 0.6) is 11.5 Å². The van der Waals surface area contributed by atoms with Crippen molar-refractivity contribution in [2.75, 3.05) is 20.8 Å². The maximum absolute atomic E-state index is 12.9. The van der Waals surface area contributed by atoms with Gasteiger partial charge in [-0.05, 0) is 47.9 Å². The summed E-state index contributed by atoms with van der Waals surface area (Å²) in [5, 5.41) is 0. The molecule has 140 valence electrons. The van der Waals surface area contributed by atoms with E-state index in [1.807, 2.05) is 31.2 Å². The first-order valence-electron chi connectivity index (χ1n) is 8.38. The van der Waals surface area contributed by atoms with E-state index in [4.69, 9.17) is 9.47 Å². The fraction of sp³-hybridized carbons (Fsp3) is 0.300. The standard InChI is InChI=1S/C20H25NO4S/c1-5-13-25-18-9-7-16(8-10-18)15-21(3)26(22,23)19-11-12-20(24-4)17(6-2)14-19/h5,7-12,14H,1,6,13,15H2,2-4H3. The molecular weight excluding hydrogens is 350 g/mol. The number of methoxy groups -OCH3 is 1. The summed E-state index contributed by atoms with van der Waals surface area (Å²) in [5.41, 5.74) is 1.75. The van der Waals surface area contributed by atoms with Gasteiger partial charge >= 0.3 is 0 Å². The number of aryl methyl sites for hydroxylation is 1. The van der Waals surface area contributed by atoms with E-state index in [1.165, 1.54) is 4.31 Å². The molecule has 0 aliphatic rings. The van der Waals surface area contributed by atoms with Crippen LogP contribution in [0.25, 0.3) is 0 Å². The minimum atomic E-state index is -3.59. The van der Waals surface area contributed by atoms with Gasteiger partial charge < -0.3 is 9.47 Å². The summed E-state index contributed by atoms with van der Waals surface area (Å²) in [7, 11) is -0.429. The third-order valence-electron chi connectivity index (χ3n) is 4.04. The van der Waals surface area contributed by atoms with Crippen LogP contribution < -0.4 is 9.47 Å². The van der Waals surface area contributed by atoms with Crippen molar-refractivity contribution in [2.45, 2.75) is 24.8 Å². The summed E-state index contributed by atoms with van der Waals surface area (Å²) in [6.07, 6.45) is 2.37. The van der Waals surface area contributed by atoms with E-state index in [2.05, 4.69) is 6.58 Å². The molecule has 0 saturated carbocycles. The first-order chi connectivity index (χ1) is 12.4. The Hall–Kier alpha value is -2.31. The van der Waals surface area contributed by atoms with Crippen molar-refractivity contribution in [2.24, 2.45) is 0 Å². The number of hydrogen-bond acceptors (Lipinski definition) is 4. The molecule has 2 aromatic carbocycles. The molecule has 0 amide bonds. The van der Waals surface area contributed by atoms with Gasteiger partial charge in [0.25, 0.3) is 0 Å². The lowest BCUT2D eigenvalue weighted by molar-refractivity contribution is 0.363. The first kappa shape index (κ1) is 20.0. The Morgan fingerprint density at radius 3 is 2.42 bits per heavy atom. The lowest BCUT2D eigenvalue weighted by Crippen LogP contribution is -2.26. The average Bonchev–Trinajstić information content (AvgIpc) is 2.66. The molecule has 0 spiro atoms. The zero-order valence-electron chi connectivity index (χ0n) is 15.4. The number of benzene rings is 2. The fourth-order valence-corrected chi connectivity index (χ4v) is 3.77. The molecule has 2 rings (SSSR count). The Labute approximate surface area is 155 Å². The van der Waals surface area contributed by atoms with Crippen LogP contribution in [0.15, 0.2) is 60.0 Å². The van der Waals surface area contributed by atoms with Gasteiger partial charge in [-0.1, -0.05) is 31.7 Å². The molecule has 26 heavy (non-hydrogen) atoms. The monoisotopic (exact) mass is 375 g/mol. The van der Waals surface area contributed by atoms with Crippen LogP contribution >= 0.6 is 0 Å². The molecule has 0 fully saturated rings. The summed E-state index contributed by atoms with van der Waals surface area (Å²) in [4.78, 5) is 0.267. The maximum atomic E-state index is 12.9. The molecule has 0 unspecified atom stereocenters. The molecule has 0 bridgehead atoms. The smallest absolute Gasteiger partial charge is 0.243 e. The van der Waals surface area contributed by atoms with Crippen molar-refractivity contribution in [1.82, 2.24) is 4.31 Å². The van der Waals surface area contributed by atoms with Crippen LogP contribution in [-0.4, -0.2) is 33.5 Å². The Balaban J connectivity index is 2.17. The first-order valence-corrected chi connectivity index (χ1v) is 9.82. The summed E-state index contributed by atoms with van der Waals surface area (Å²) in [6, 6.07) is 12.3. The van der Waals surface area contributed by atoms with Gasteiger partial charge in [-0.2, -0.15) is 4.31 Å². The Bertz CT molecular complexity index is 845. The molecule has 0 radical (unpaired) electrons. The van der Waals surface area contributed by atoms with Crippen LogP contribution in [0, 0.1) is 0 Å². The van der Waals surface area contributed by atoms with Gasteiger partial charge in [0.15, 0.2) is 0 Å². The average molecular weight is 375 g/mol. The number of hydrogen-bond donors (Lipinski definition) is 0. The topological polar surface area (TPSA) is 55.8 Å². The van der Waals surface area contributed by atoms with Crippen molar-refractivity contribution in [3.63, 3.8) is 0 Å². The van der Waals surface area contributed by atoms with E-state index in [-0.39, 0.29) is 11.4 Å². The number of ether oxygens (including phenoxy) is 2. The lowest BCUT2D eigenvalue weighted by atomic mass is 10.1. The highest BCUT2D eigenvalue weighted by Gasteiger charge is 2.22. The van der Waals surface area contributed by atoms with Crippen molar-refractivity contribution in [3.05, 3.63) is 66.2 Å². The zero-order valence-corrected chi connectivity index (χ0v) is 16.3. The van der Waals surface area contributed by atoms with Crippen LogP contribution in [0.2, 0.25) is 0 Å². The molecular formula is C20H25NO4S. The molecule has 0 saturated heterocycles. The fourth-order valence-electron chi connectivity index (χ4n) is 2.56. The third-order valence-corrected chi connectivity index (χ3v) is 5.84. The number of nitrogens with zero attached hydrogens (tertiary/aromatic N) is 1. The second-order valence-corrected chi connectivity index (χ2v) is 7.88. The lowest BCUT2D eigenvalue weighted by Gasteiger charge is -2.18. The summed E-state index contributed by atoms with van der Waals surface area (Å²) in [5.74, 6) is 1.42. The predicted molar refractivity (Wildman–Crippen MR) is 103 cm³/mol. The highest BCUT2D eigenvalue weighted by atomic mass is 32.2. The number of rotatable bonds is 9. The maximum Gasteiger partial charge on any atom is 0.243 e. The molecule has 0 aliphatic carbocycles. The Kier molecular flexibility index (Phi) is 6.83. The van der Waals surface area contributed by atoms with Gasteiger partial charge in [-0.3, -0.25) is 0 Å². The van der Waals surface area contributed by atoms with Crippen molar-refractivity contribution >= 4 is 10.0 Å². The van der Waals surface area contributed by atoms with Crippen LogP contribution in [0.4, 0.5) is 0 Å². The molecule has 2 aromatic rings. The Morgan fingerprint density at radius 2 is 1.85 bits per heavy atom. The summed E-state index contributed by atoms with van der Waals surface area (Å²) in [6.45, 7) is 6.28. The van der Waals surface area contributed by atoms with E-state index in [9.17, 15) is 8.42 Å². The highest BCUT2D eigenvalue weighted by molar-refractivity contribution is 7.89. The largest absolute Gasteiger partial charge is 0.496 e. The van der Waals surface area contributed by atoms with Gasteiger partial charge in [0.05, 0.1) is 12.0 Å². The van der Waals surface area contributed by atoms with Crippen molar-refractivity contribution in [3.8, 4) is 11.5 Å². The molecule has 5 nitrogen and oxygen atoms in total. The van der Waals surface area contributed by atoms with Gasteiger partial charge in [-0.25, -0.2) is 8.42 Å². The van der Waals surface area contributed by atoms with Crippen molar-refractivity contribution in [1.29, 1.82) is 0 Å². The second kappa shape index (κ2) is 8.87. The minimum absolute atomic E-state index is 0.267.